The van der Waals surface area contributed by atoms with Gasteiger partial charge in [0, 0.05) is 36.9 Å². The second-order valence-corrected chi connectivity index (χ2v) is 9.62. The lowest BCUT2D eigenvalue weighted by Crippen LogP contribution is -2.35. The Morgan fingerprint density at radius 2 is 1.79 bits per heavy atom. The van der Waals surface area contributed by atoms with E-state index in [0.717, 1.165) is 24.8 Å². The summed E-state index contributed by atoms with van der Waals surface area (Å²) in [5.74, 6) is 1.60. The first-order valence-electron chi connectivity index (χ1n) is 13.0. The number of unbranched alkanes of at least 4 members (excludes halogenated alkanes) is 2. The SMILES string of the molecule is COc1cc2c(cc1OCCCCCOc1cc(-c3ccc(F)cc3)nc(C)n1)N=CC1CC(O)CN1C2=O. The van der Waals surface area contributed by atoms with Crippen LogP contribution in [0, 0.1) is 12.7 Å². The molecule has 3 heterocycles. The number of aliphatic hydroxyl groups is 1. The number of methoxy groups -OCH3 is 1. The lowest BCUT2D eigenvalue weighted by Gasteiger charge is -2.20. The minimum absolute atomic E-state index is 0.169. The molecule has 1 N–H and O–H groups in total. The number of halogens is 1. The molecule has 2 unspecified atom stereocenters. The van der Waals surface area contributed by atoms with Crippen molar-refractivity contribution in [1.29, 1.82) is 0 Å². The van der Waals surface area contributed by atoms with Gasteiger partial charge in [-0.15, -0.1) is 0 Å². The number of carbonyl (C=O) groups is 1. The number of aliphatic hydroxyl groups excluding tert-OH is 1. The maximum absolute atomic E-state index is 13.2. The number of hydrogen-bond acceptors (Lipinski definition) is 8. The molecule has 2 aromatic carbocycles. The Balaban J connectivity index is 1.11. The first-order chi connectivity index (χ1) is 18.9. The van der Waals surface area contributed by atoms with E-state index in [1.807, 2.05) is 0 Å². The fraction of sp³-hybridized carbons (Fsp3) is 0.379. The van der Waals surface area contributed by atoms with Gasteiger partial charge < -0.3 is 24.2 Å². The molecule has 0 radical (unpaired) electrons. The van der Waals surface area contributed by atoms with Crippen LogP contribution >= 0.6 is 0 Å². The van der Waals surface area contributed by atoms with Gasteiger partial charge in [-0.05, 0) is 56.5 Å². The van der Waals surface area contributed by atoms with E-state index in [1.165, 1.54) is 19.2 Å². The third-order valence-electron chi connectivity index (χ3n) is 6.73. The van der Waals surface area contributed by atoms with Crippen LogP contribution in [0.3, 0.4) is 0 Å². The number of aromatic nitrogens is 2. The molecule has 0 bridgehead atoms. The molecule has 3 aromatic rings. The van der Waals surface area contributed by atoms with E-state index in [4.69, 9.17) is 14.2 Å². The molecule has 1 amide bonds. The zero-order valence-corrected chi connectivity index (χ0v) is 22.0. The number of fused-ring (bicyclic) bond motifs is 2. The molecular formula is C29H31FN4O5. The number of ether oxygens (including phenoxy) is 3. The van der Waals surface area contributed by atoms with Crippen molar-refractivity contribution in [2.24, 2.45) is 4.99 Å². The Kier molecular flexibility index (Phi) is 8.02. The highest BCUT2D eigenvalue weighted by Crippen LogP contribution is 2.38. The van der Waals surface area contributed by atoms with Gasteiger partial charge in [0.15, 0.2) is 11.5 Å². The van der Waals surface area contributed by atoms with Gasteiger partial charge in [0.1, 0.15) is 11.6 Å². The van der Waals surface area contributed by atoms with Crippen molar-refractivity contribution >= 4 is 17.8 Å². The summed E-state index contributed by atoms with van der Waals surface area (Å²) in [6.07, 6.45) is 4.14. The molecule has 2 aliphatic heterocycles. The number of benzene rings is 2. The summed E-state index contributed by atoms with van der Waals surface area (Å²) in [4.78, 5) is 27.9. The molecule has 2 atom stereocenters. The third-order valence-corrected chi connectivity index (χ3v) is 6.73. The molecule has 2 aliphatic rings. The Hall–Kier alpha value is -4.05. The fourth-order valence-corrected chi connectivity index (χ4v) is 4.76. The summed E-state index contributed by atoms with van der Waals surface area (Å²) < 4.78 is 30.6. The summed E-state index contributed by atoms with van der Waals surface area (Å²) in [6, 6.07) is 11.1. The normalized spacial score (nSPS) is 17.9. The van der Waals surface area contributed by atoms with E-state index in [1.54, 1.807) is 48.4 Å². The van der Waals surface area contributed by atoms with Crippen molar-refractivity contribution < 1.29 is 28.5 Å². The van der Waals surface area contributed by atoms with Gasteiger partial charge in [-0.2, -0.15) is 4.98 Å². The minimum atomic E-state index is -0.536. The first kappa shape index (κ1) is 26.6. The zero-order valence-electron chi connectivity index (χ0n) is 22.0. The van der Waals surface area contributed by atoms with Crippen LogP contribution in [-0.4, -0.2) is 71.1 Å². The van der Waals surface area contributed by atoms with E-state index in [-0.39, 0.29) is 17.8 Å². The second kappa shape index (κ2) is 11.8. The lowest BCUT2D eigenvalue weighted by molar-refractivity contribution is 0.0749. The van der Waals surface area contributed by atoms with Crippen LogP contribution < -0.4 is 14.2 Å². The number of amides is 1. The quantitative estimate of drug-likeness (QED) is 0.381. The highest BCUT2D eigenvalue weighted by Gasteiger charge is 2.36. The average molecular weight is 535 g/mol. The van der Waals surface area contributed by atoms with Crippen molar-refractivity contribution in [1.82, 2.24) is 14.9 Å². The smallest absolute Gasteiger partial charge is 0.256 e. The predicted molar refractivity (Wildman–Crippen MR) is 144 cm³/mol. The van der Waals surface area contributed by atoms with Crippen LogP contribution in [0.4, 0.5) is 10.1 Å². The summed E-state index contributed by atoms with van der Waals surface area (Å²) in [5, 5.41) is 9.94. The monoisotopic (exact) mass is 534 g/mol. The van der Waals surface area contributed by atoms with Gasteiger partial charge >= 0.3 is 0 Å². The Morgan fingerprint density at radius 3 is 2.56 bits per heavy atom. The van der Waals surface area contributed by atoms with Crippen LogP contribution in [-0.2, 0) is 0 Å². The molecule has 0 aliphatic carbocycles. The molecule has 10 heteroatoms. The molecule has 204 valence electrons. The molecule has 5 rings (SSSR count). The van der Waals surface area contributed by atoms with Crippen LogP contribution in [0.25, 0.3) is 11.3 Å². The Morgan fingerprint density at radius 1 is 1.03 bits per heavy atom. The number of nitrogens with zero attached hydrogens (tertiary/aromatic N) is 4. The molecule has 0 saturated carbocycles. The number of aliphatic imine (C=N–C) groups is 1. The summed E-state index contributed by atoms with van der Waals surface area (Å²) in [6.45, 7) is 3.05. The highest BCUT2D eigenvalue weighted by molar-refractivity contribution is 6.03. The highest BCUT2D eigenvalue weighted by atomic mass is 19.1. The first-order valence-corrected chi connectivity index (χ1v) is 13.0. The van der Waals surface area contributed by atoms with Gasteiger partial charge in [-0.25, -0.2) is 9.37 Å². The van der Waals surface area contributed by atoms with Crippen LogP contribution in [0.2, 0.25) is 0 Å². The van der Waals surface area contributed by atoms with Gasteiger partial charge in [-0.3, -0.25) is 9.79 Å². The topological polar surface area (TPSA) is 106 Å². The van der Waals surface area contributed by atoms with Crippen LogP contribution in [0.15, 0.2) is 47.5 Å². The summed E-state index contributed by atoms with van der Waals surface area (Å²) in [7, 11) is 1.54. The minimum Gasteiger partial charge on any atom is -0.493 e. The van der Waals surface area contributed by atoms with Crippen LogP contribution in [0.5, 0.6) is 17.4 Å². The molecule has 1 fully saturated rings. The van der Waals surface area contributed by atoms with Gasteiger partial charge in [0.2, 0.25) is 5.88 Å². The largest absolute Gasteiger partial charge is 0.493 e. The van der Waals surface area contributed by atoms with Crippen molar-refractivity contribution in [2.45, 2.75) is 44.8 Å². The number of carbonyl (C=O) groups excluding carboxylic acids is 1. The van der Waals surface area contributed by atoms with E-state index in [2.05, 4.69) is 15.0 Å². The maximum Gasteiger partial charge on any atom is 0.256 e. The van der Waals surface area contributed by atoms with E-state index >= 15 is 0 Å². The second-order valence-electron chi connectivity index (χ2n) is 9.62. The van der Waals surface area contributed by atoms with Crippen molar-refractivity contribution in [3.63, 3.8) is 0 Å². The molecule has 9 nitrogen and oxygen atoms in total. The van der Waals surface area contributed by atoms with Gasteiger partial charge in [0.05, 0.1) is 49.4 Å². The van der Waals surface area contributed by atoms with E-state index in [0.29, 0.717) is 66.3 Å². The van der Waals surface area contributed by atoms with E-state index in [9.17, 15) is 14.3 Å². The Bertz CT molecular complexity index is 1360. The lowest BCUT2D eigenvalue weighted by atomic mass is 10.1. The van der Waals surface area contributed by atoms with Crippen molar-refractivity contribution in [3.8, 4) is 28.6 Å². The molecule has 39 heavy (non-hydrogen) atoms. The molecule has 1 aromatic heterocycles. The number of hydrogen-bond donors (Lipinski definition) is 1. The average Bonchev–Trinajstić information content (AvgIpc) is 3.26. The van der Waals surface area contributed by atoms with Crippen molar-refractivity contribution in [3.05, 3.63) is 59.7 Å². The number of aryl methyl sites for hydroxylation is 1. The third kappa shape index (κ3) is 6.17. The molecule has 1 saturated heterocycles. The maximum atomic E-state index is 13.2. The van der Waals surface area contributed by atoms with Crippen molar-refractivity contribution in [2.75, 3.05) is 26.9 Å². The summed E-state index contributed by atoms with van der Waals surface area (Å²) in [5.41, 5.74) is 2.45. The van der Waals surface area contributed by atoms with Crippen LogP contribution in [0.1, 0.15) is 41.9 Å². The van der Waals surface area contributed by atoms with Gasteiger partial charge in [-0.1, -0.05) is 0 Å². The van der Waals surface area contributed by atoms with E-state index < -0.39 is 6.10 Å². The fourth-order valence-electron chi connectivity index (χ4n) is 4.76. The molecule has 0 spiro atoms. The van der Waals surface area contributed by atoms with Gasteiger partial charge in [0.25, 0.3) is 5.91 Å². The zero-order chi connectivity index (χ0) is 27.4. The standard InChI is InChI=1S/C29H31FN4O5/c1-18-32-24(19-6-8-20(30)9-7-19)15-28(33-18)39-11-5-3-4-10-38-27-14-25-23(13-26(27)37-2)29(36)34-17-22(35)12-21(34)16-31-25/h6-9,13-16,21-22,35H,3-5,10-12,17H2,1-2H3. The molecular weight excluding hydrogens is 503 g/mol. The Labute approximate surface area is 226 Å². The summed E-state index contributed by atoms with van der Waals surface area (Å²) >= 11 is 0. The predicted octanol–water partition coefficient (Wildman–Crippen LogP) is 4.52. The number of rotatable bonds is 10.